The highest BCUT2D eigenvalue weighted by atomic mass is 15.3. The second-order valence-corrected chi connectivity index (χ2v) is 9.49. The molecule has 5 heterocycles. The maximum Gasteiger partial charge on any atom is 0.230 e. The predicted molar refractivity (Wildman–Crippen MR) is 133 cm³/mol. The van der Waals surface area contributed by atoms with Gasteiger partial charge in [0.25, 0.3) is 0 Å². The minimum atomic E-state index is -0.169. The molecule has 8 nitrogen and oxygen atoms in total. The van der Waals surface area contributed by atoms with Gasteiger partial charge in [-0.2, -0.15) is 4.98 Å². The molecule has 6 rings (SSSR count). The van der Waals surface area contributed by atoms with E-state index in [1.807, 2.05) is 24.7 Å². The normalized spacial score (nSPS) is 20.4. The highest BCUT2D eigenvalue weighted by molar-refractivity contribution is 5.91. The van der Waals surface area contributed by atoms with Crippen LogP contribution >= 0.6 is 0 Å². The quantitative estimate of drug-likeness (QED) is 0.663. The zero-order valence-electron chi connectivity index (χ0n) is 19.2. The number of rotatable bonds is 3. The summed E-state index contributed by atoms with van der Waals surface area (Å²) in [6, 6.07) is 6.26. The third-order valence-electron chi connectivity index (χ3n) is 7.42. The molecule has 1 spiro atoms. The van der Waals surface area contributed by atoms with Gasteiger partial charge in [-0.25, -0.2) is 9.97 Å². The van der Waals surface area contributed by atoms with E-state index in [9.17, 15) is 0 Å². The molecule has 0 atom stereocenters. The van der Waals surface area contributed by atoms with Crippen molar-refractivity contribution in [2.45, 2.75) is 37.6 Å². The molecule has 3 aliphatic rings. The number of fused-ring (bicyclic) bond motifs is 4. The van der Waals surface area contributed by atoms with Crippen molar-refractivity contribution in [3.05, 3.63) is 48.6 Å². The molecule has 2 aliphatic heterocycles. The molecule has 0 amide bonds. The average Bonchev–Trinajstić information content (AvgIpc) is 3.22. The zero-order valence-corrected chi connectivity index (χ0v) is 19.2. The molecule has 0 aromatic carbocycles. The number of nitrogens with one attached hydrogen (secondary N) is 1. The summed E-state index contributed by atoms with van der Waals surface area (Å²) >= 11 is 0. The molecule has 0 bridgehead atoms. The van der Waals surface area contributed by atoms with Crippen molar-refractivity contribution in [2.75, 3.05) is 43.4 Å². The minimum absolute atomic E-state index is 0.169. The number of aliphatic imine (C=N–C) groups is 1. The van der Waals surface area contributed by atoms with E-state index in [2.05, 4.69) is 60.4 Å². The zero-order chi connectivity index (χ0) is 22.4. The van der Waals surface area contributed by atoms with Gasteiger partial charge in [0.2, 0.25) is 5.95 Å². The smallest absolute Gasteiger partial charge is 0.230 e. The molecule has 1 saturated carbocycles. The Labute approximate surface area is 194 Å². The van der Waals surface area contributed by atoms with Crippen molar-refractivity contribution in [2.24, 2.45) is 4.99 Å². The molecule has 8 heteroatoms. The molecular weight excluding hydrogens is 412 g/mol. The molecule has 0 unspecified atom stereocenters. The molecule has 3 aromatic heterocycles. The second kappa shape index (κ2) is 7.95. The molecule has 0 radical (unpaired) electrons. The maximum atomic E-state index is 4.93. The Bertz CT molecular complexity index is 1210. The molecule has 1 aliphatic carbocycles. The van der Waals surface area contributed by atoms with E-state index in [1.54, 1.807) is 0 Å². The van der Waals surface area contributed by atoms with Crippen molar-refractivity contribution >= 4 is 34.7 Å². The van der Waals surface area contributed by atoms with E-state index < -0.39 is 0 Å². The van der Waals surface area contributed by atoms with E-state index in [0.717, 1.165) is 73.0 Å². The van der Waals surface area contributed by atoms with Crippen LogP contribution in [0.2, 0.25) is 0 Å². The van der Waals surface area contributed by atoms with Gasteiger partial charge >= 0.3 is 0 Å². The first-order chi connectivity index (χ1) is 16.1. The van der Waals surface area contributed by atoms with Gasteiger partial charge < -0.3 is 19.7 Å². The van der Waals surface area contributed by atoms with Crippen LogP contribution in [0.15, 0.2) is 47.9 Å². The highest BCUT2D eigenvalue weighted by Gasteiger charge is 2.41. The third-order valence-corrected chi connectivity index (χ3v) is 7.42. The Morgan fingerprint density at radius 2 is 1.82 bits per heavy atom. The van der Waals surface area contributed by atoms with Gasteiger partial charge in [0, 0.05) is 37.8 Å². The number of anilines is 3. The number of allylic oxidation sites excluding steroid dienone is 1. The standard InChI is InChI=1S/C25H30N8/c1-18-25(8-4-3-5-9-25)33-21(17-26-18)14-19-15-28-24(30-23(19)33)29-22-7-6-20(16-27-22)32-12-10-31(2)11-13-32/h6-7,14-17H,1,3-5,8-13H2,2H3,(H,27,28,29,30). The largest absolute Gasteiger partial charge is 0.368 e. The SMILES string of the molecule is C=C1N=Cc2cc3cnc(Nc4ccc(N5CCN(C)CC5)cn4)nc3n2C12CCCCC2. The fraction of sp³-hybridized carbons (Fsp3) is 0.440. The number of pyridine rings is 1. The van der Waals surface area contributed by atoms with Crippen LogP contribution < -0.4 is 10.2 Å². The monoisotopic (exact) mass is 442 g/mol. The predicted octanol–water partition coefficient (Wildman–Crippen LogP) is 3.93. The van der Waals surface area contributed by atoms with Gasteiger partial charge in [0.1, 0.15) is 11.5 Å². The average molecular weight is 443 g/mol. The van der Waals surface area contributed by atoms with Crippen LogP contribution in [0, 0.1) is 0 Å². The lowest BCUT2D eigenvalue weighted by molar-refractivity contribution is 0.241. The summed E-state index contributed by atoms with van der Waals surface area (Å²) in [5.41, 5.74) is 3.95. The summed E-state index contributed by atoms with van der Waals surface area (Å²) in [7, 11) is 2.17. The Hall–Kier alpha value is -3.26. The Morgan fingerprint density at radius 3 is 2.58 bits per heavy atom. The Morgan fingerprint density at radius 1 is 1.00 bits per heavy atom. The number of likely N-dealkylation sites (N-methyl/N-ethyl adjacent to an activating group) is 1. The molecule has 3 aromatic rings. The first-order valence-corrected chi connectivity index (χ1v) is 11.9. The van der Waals surface area contributed by atoms with E-state index in [0.29, 0.717) is 5.95 Å². The molecule has 1 saturated heterocycles. The minimum Gasteiger partial charge on any atom is -0.368 e. The summed E-state index contributed by atoms with van der Waals surface area (Å²) in [5, 5.41) is 4.33. The van der Waals surface area contributed by atoms with Gasteiger partial charge in [-0.1, -0.05) is 25.8 Å². The van der Waals surface area contributed by atoms with E-state index in [1.165, 1.54) is 19.3 Å². The van der Waals surface area contributed by atoms with E-state index in [4.69, 9.17) is 4.98 Å². The van der Waals surface area contributed by atoms with Crippen LogP contribution in [0.5, 0.6) is 0 Å². The van der Waals surface area contributed by atoms with Crippen molar-refractivity contribution in [3.8, 4) is 0 Å². The van der Waals surface area contributed by atoms with E-state index >= 15 is 0 Å². The molecule has 170 valence electrons. The molecule has 33 heavy (non-hydrogen) atoms. The van der Waals surface area contributed by atoms with Crippen molar-refractivity contribution in [3.63, 3.8) is 0 Å². The van der Waals surface area contributed by atoms with Crippen LogP contribution in [0.1, 0.15) is 37.8 Å². The summed E-state index contributed by atoms with van der Waals surface area (Å²) < 4.78 is 2.35. The summed E-state index contributed by atoms with van der Waals surface area (Å²) in [5.74, 6) is 1.30. The van der Waals surface area contributed by atoms with Gasteiger partial charge in [0.15, 0.2) is 0 Å². The van der Waals surface area contributed by atoms with Crippen molar-refractivity contribution < 1.29 is 0 Å². The maximum absolute atomic E-state index is 4.93. The van der Waals surface area contributed by atoms with Gasteiger partial charge in [-0.3, -0.25) is 4.99 Å². The lowest BCUT2D eigenvalue weighted by Gasteiger charge is -2.41. The Kier molecular flexibility index (Phi) is 4.90. The second-order valence-electron chi connectivity index (χ2n) is 9.49. The van der Waals surface area contributed by atoms with Crippen molar-refractivity contribution in [1.82, 2.24) is 24.4 Å². The number of nitrogens with zero attached hydrogens (tertiary/aromatic N) is 7. The number of piperazine rings is 1. The Balaban J connectivity index is 1.29. The first kappa shape index (κ1) is 20.4. The summed E-state index contributed by atoms with van der Waals surface area (Å²) in [6.07, 6.45) is 11.5. The van der Waals surface area contributed by atoms with Gasteiger partial charge in [-0.15, -0.1) is 0 Å². The summed E-state index contributed by atoms with van der Waals surface area (Å²) in [4.78, 5) is 23.5. The van der Waals surface area contributed by atoms with Crippen molar-refractivity contribution in [1.29, 1.82) is 0 Å². The fourth-order valence-electron chi connectivity index (χ4n) is 5.48. The van der Waals surface area contributed by atoms with Crippen LogP contribution in [0.25, 0.3) is 11.0 Å². The highest BCUT2D eigenvalue weighted by Crippen LogP contribution is 2.45. The van der Waals surface area contributed by atoms with Gasteiger partial charge in [-0.05, 0) is 38.1 Å². The topological polar surface area (TPSA) is 74.5 Å². The molecule has 2 fully saturated rings. The van der Waals surface area contributed by atoms with Gasteiger partial charge in [0.05, 0.1) is 35.0 Å². The molecule has 1 N–H and O–H groups in total. The number of aromatic nitrogens is 4. The lowest BCUT2D eigenvalue weighted by atomic mass is 9.78. The van der Waals surface area contributed by atoms with Crippen LogP contribution in [-0.4, -0.2) is 63.9 Å². The van der Waals surface area contributed by atoms with Crippen LogP contribution in [-0.2, 0) is 5.54 Å². The third kappa shape index (κ3) is 3.49. The summed E-state index contributed by atoms with van der Waals surface area (Å²) in [6.45, 7) is 8.53. The van der Waals surface area contributed by atoms with E-state index in [-0.39, 0.29) is 5.54 Å². The van der Waals surface area contributed by atoms with Crippen LogP contribution in [0.3, 0.4) is 0 Å². The number of hydrogen-bond acceptors (Lipinski definition) is 7. The fourth-order valence-corrected chi connectivity index (χ4v) is 5.48. The lowest BCUT2D eigenvalue weighted by Crippen LogP contribution is -2.44. The first-order valence-electron chi connectivity index (χ1n) is 11.9. The molecular formula is C25H30N8. The van der Waals surface area contributed by atoms with Crippen LogP contribution in [0.4, 0.5) is 17.5 Å². The number of hydrogen-bond donors (Lipinski definition) is 1.